The summed E-state index contributed by atoms with van der Waals surface area (Å²) in [6, 6.07) is 10.8. The summed E-state index contributed by atoms with van der Waals surface area (Å²) in [5, 5.41) is 7.10. The third-order valence-corrected chi connectivity index (χ3v) is 5.22. The van der Waals surface area contributed by atoms with E-state index in [0.717, 1.165) is 0 Å². The number of ether oxygens (including phenoxy) is 1. The minimum atomic E-state index is -3.92. The van der Waals surface area contributed by atoms with Gasteiger partial charge in [-0.15, -0.1) is 0 Å². The molecule has 0 radical (unpaired) electrons. The molecule has 0 aromatic heterocycles. The number of hydrogen-bond acceptors (Lipinski definition) is 5. The second kappa shape index (κ2) is 6.76. The number of halogens is 1. The van der Waals surface area contributed by atoms with Gasteiger partial charge in [0.2, 0.25) is 0 Å². The number of benzene rings is 2. The number of carbonyl (C=O) groups excluding carboxylic acids is 1. The van der Waals surface area contributed by atoms with Crippen molar-refractivity contribution in [3.8, 4) is 11.5 Å². The van der Waals surface area contributed by atoms with Crippen LogP contribution in [-0.4, -0.2) is 24.8 Å². The Balaban J connectivity index is 2.19. The third kappa shape index (κ3) is 3.85. The number of sulfone groups is 1. The summed E-state index contributed by atoms with van der Waals surface area (Å²) >= 11 is 0. The Morgan fingerprint density at radius 2 is 1.57 bits per heavy atom. The monoisotopic (exact) mass is 339 g/mol. The maximum Gasteiger partial charge on any atom is 0.261 e. The fourth-order valence-electron chi connectivity index (χ4n) is 1.77. The molecule has 1 atom stereocenters. The predicted octanol–water partition coefficient (Wildman–Crippen LogP) is 2.29. The zero-order valence-electron chi connectivity index (χ0n) is 12.1. The number of carbonyl (C=O) groups is 1. The molecule has 0 fully saturated rings. The van der Waals surface area contributed by atoms with Crippen molar-refractivity contribution < 1.29 is 27.5 Å². The first-order valence-electron chi connectivity index (χ1n) is 6.56. The number of amides is 1. The van der Waals surface area contributed by atoms with Crippen LogP contribution < -0.4 is 10.2 Å². The van der Waals surface area contributed by atoms with Crippen LogP contribution in [0.15, 0.2) is 53.4 Å². The van der Waals surface area contributed by atoms with E-state index in [9.17, 15) is 17.6 Å². The first kappa shape index (κ1) is 16.9. The third-order valence-electron chi connectivity index (χ3n) is 3.15. The molecule has 2 N–H and O–H groups in total. The van der Waals surface area contributed by atoms with Crippen LogP contribution in [0, 0.1) is 5.82 Å². The molecule has 6 nitrogen and oxygen atoms in total. The van der Waals surface area contributed by atoms with Crippen molar-refractivity contribution in [2.24, 2.45) is 0 Å². The van der Waals surface area contributed by atoms with E-state index in [0.29, 0.717) is 11.5 Å². The topological polar surface area (TPSA) is 92.7 Å². The van der Waals surface area contributed by atoms with Crippen LogP contribution in [-0.2, 0) is 14.6 Å². The highest BCUT2D eigenvalue weighted by Gasteiger charge is 2.29. The Labute approximate surface area is 132 Å². The van der Waals surface area contributed by atoms with Gasteiger partial charge in [-0.2, -0.15) is 0 Å². The van der Waals surface area contributed by atoms with Crippen LogP contribution >= 0.6 is 0 Å². The standard InChI is InChI=1S/C15H14FNO5S/c1-10(15(18)17-19)23(20,21)14-8-6-13(7-9-14)22-12-4-2-11(16)3-5-12/h2-10,19H,1H3,(H,17,18). The second-order valence-electron chi connectivity index (χ2n) is 4.69. The van der Waals surface area contributed by atoms with Crippen molar-refractivity contribution >= 4 is 15.7 Å². The van der Waals surface area contributed by atoms with E-state index < -0.39 is 26.8 Å². The summed E-state index contributed by atoms with van der Waals surface area (Å²) in [7, 11) is -3.92. The van der Waals surface area contributed by atoms with Crippen LogP contribution in [0.1, 0.15) is 6.92 Å². The smallest absolute Gasteiger partial charge is 0.261 e. The first-order valence-corrected chi connectivity index (χ1v) is 8.10. The van der Waals surface area contributed by atoms with Crippen LogP contribution in [0.4, 0.5) is 4.39 Å². The van der Waals surface area contributed by atoms with Crippen LogP contribution in [0.25, 0.3) is 0 Å². The lowest BCUT2D eigenvalue weighted by Gasteiger charge is -2.11. The lowest BCUT2D eigenvalue weighted by Crippen LogP contribution is -2.36. The van der Waals surface area contributed by atoms with Gasteiger partial charge in [0.25, 0.3) is 5.91 Å². The highest BCUT2D eigenvalue weighted by atomic mass is 32.2. The molecule has 2 aromatic rings. The van der Waals surface area contributed by atoms with Crippen LogP contribution in [0.3, 0.4) is 0 Å². The number of hydroxylamine groups is 1. The maximum absolute atomic E-state index is 12.8. The molecule has 0 spiro atoms. The fraction of sp³-hybridized carbons (Fsp3) is 0.133. The summed E-state index contributed by atoms with van der Waals surface area (Å²) in [5.74, 6) is -0.656. The average Bonchev–Trinajstić information content (AvgIpc) is 2.56. The van der Waals surface area contributed by atoms with Crippen molar-refractivity contribution in [1.29, 1.82) is 0 Å². The van der Waals surface area contributed by atoms with Gasteiger partial charge < -0.3 is 4.74 Å². The van der Waals surface area contributed by atoms with Gasteiger partial charge in [0.15, 0.2) is 9.84 Å². The SMILES string of the molecule is CC(C(=O)NO)S(=O)(=O)c1ccc(Oc2ccc(F)cc2)cc1. The van der Waals surface area contributed by atoms with Crippen molar-refractivity contribution in [3.63, 3.8) is 0 Å². The molecule has 8 heteroatoms. The molecular formula is C15H14FNO5S. The largest absolute Gasteiger partial charge is 0.457 e. The van der Waals surface area contributed by atoms with E-state index in [1.807, 2.05) is 0 Å². The Bertz CT molecular complexity index is 788. The lowest BCUT2D eigenvalue weighted by atomic mass is 10.3. The van der Waals surface area contributed by atoms with Crippen LogP contribution in [0.5, 0.6) is 11.5 Å². The van der Waals surface area contributed by atoms with E-state index >= 15 is 0 Å². The Morgan fingerprint density at radius 1 is 1.09 bits per heavy atom. The van der Waals surface area contributed by atoms with Gasteiger partial charge in [-0.25, -0.2) is 18.3 Å². The molecule has 0 aliphatic heterocycles. The normalized spacial score (nSPS) is 12.5. The van der Waals surface area contributed by atoms with Gasteiger partial charge in [-0.3, -0.25) is 10.0 Å². The summed E-state index contributed by atoms with van der Waals surface area (Å²) in [4.78, 5) is 11.2. The Kier molecular flexibility index (Phi) is 4.97. The molecule has 1 amide bonds. The zero-order valence-corrected chi connectivity index (χ0v) is 12.9. The van der Waals surface area contributed by atoms with E-state index in [1.54, 1.807) is 0 Å². The minimum absolute atomic E-state index is 0.0833. The van der Waals surface area contributed by atoms with E-state index in [4.69, 9.17) is 9.94 Å². The summed E-state index contributed by atoms with van der Waals surface area (Å²) in [6.45, 7) is 1.17. The zero-order chi connectivity index (χ0) is 17.0. The Hall–Kier alpha value is -2.45. The summed E-state index contributed by atoms with van der Waals surface area (Å²) in [5.41, 5.74) is 1.32. The molecular weight excluding hydrogens is 325 g/mol. The van der Waals surface area contributed by atoms with Gasteiger partial charge in [0.1, 0.15) is 22.6 Å². The second-order valence-corrected chi connectivity index (χ2v) is 6.96. The van der Waals surface area contributed by atoms with E-state index in [-0.39, 0.29) is 4.90 Å². The molecule has 1 unspecified atom stereocenters. The highest BCUT2D eigenvalue weighted by Crippen LogP contribution is 2.24. The van der Waals surface area contributed by atoms with Gasteiger partial charge in [0, 0.05) is 0 Å². The minimum Gasteiger partial charge on any atom is -0.457 e. The molecule has 0 heterocycles. The van der Waals surface area contributed by atoms with Crippen molar-refractivity contribution in [1.82, 2.24) is 5.48 Å². The average molecular weight is 339 g/mol. The number of rotatable bonds is 5. The molecule has 0 aliphatic rings. The van der Waals surface area contributed by atoms with E-state index in [1.165, 1.54) is 60.9 Å². The van der Waals surface area contributed by atoms with Crippen LogP contribution in [0.2, 0.25) is 0 Å². The molecule has 2 aromatic carbocycles. The Morgan fingerprint density at radius 3 is 2.04 bits per heavy atom. The molecule has 23 heavy (non-hydrogen) atoms. The maximum atomic E-state index is 12.8. The number of hydrogen-bond donors (Lipinski definition) is 2. The first-order chi connectivity index (χ1) is 10.8. The van der Waals surface area contributed by atoms with Crippen molar-refractivity contribution in [2.45, 2.75) is 17.1 Å². The lowest BCUT2D eigenvalue weighted by molar-refractivity contribution is -0.128. The van der Waals surface area contributed by atoms with Gasteiger partial charge in [-0.1, -0.05) is 0 Å². The van der Waals surface area contributed by atoms with Crippen molar-refractivity contribution in [2.75, 3.05) is 0 Å². The van der Waals surface area contributed by atoms with E-state index in [2.05, 4.69) is 0 Å². The molecule has 122 valence electrons. The molecule has 0 bridgehead atoms. The number of nitrogens with one attached hydrogen (secondary N) is 1. The summed E-state index contributed by atoms with van der Waals surface area (Å²) < 4.78 is 42.6. The highest BCUT2D eigenvalue weighted by molar-refractivity contribution is 7.92. The molecule has 0 saturated carbocycles. The molecule has 0 saturated heterocycles. The van der Waals surface area contributed by atoms with Crippen molar-refractivity contribution in [3.05, 3.63) is 54.3 Å². The quantitative estimate of drug-likeness (QED) is 0.644. The predicted molar refractivity (Wildman–Crippen MR) is 79.5 cm³/mol. The fourth-order valence-corrected chi connectivity index (χ4v) is 3.03. The molecule has 0 aliphatic carbocycles. The van der Waals surface area contributed by atoms with Gasteiger partial charge in [0.05, 0.1) is 4.90 Å². The van der Waals surface area contributed by atoms with Gasteiger partial charge >= 0.3 is 0 Å². The van der Waals surface area contributed by atoms with Gasteiger partial charge in [-0.05, 0) is 55.5 Å². The summed E-state index contributed by atoms with van der Waals surface area (Å²) in [6.07, 6.45) is 0. The molecule has 2 rings (SSSR count).